The topological polar surface area (TPSA) is 42.9 Å². The minimum Gasteiger partial charge on any atom is -0.286 e. The van der Waals surface area contributed by atoms with Crippen LogP contribution in [0.1, 0.15) is 35.1 Å². The lowest BCUT2D eigenvalue weighted by Gasteiger charge is -2.03. The summed E-state index contributed by atoms with van der Waals surface area (Å²) < 4.78 is 24.6. The second-order valence-corrected chi connectivity index (χ2v) is 4.22. The average Bonchev–Trinajstić information content (AvgIpc) is 3.01. The first-order chi connectivity index (χ1) is 7.09. The van der Waals surface area contributed by atoms with E-state index in [9.17, 15) is 13.6 Å². The van der Waals surface area contributed by atoms with Crippen molar-refractivity contribution in [3.63, 3.8) is 0 Å². The van der Waals surface area contributed by atoms with E-state index in [2.05, 4.69) is 25.9 Å². The quantitative estimate of drug-likeness (QED) is 0.797. The van der Waals surface area contributed by atoms with Gasteiger partial charge in [0.05, 0.1) is 4.47 Å². The average molecular weight is 277 g/mol. The van der Waals surface area contributed by atoms with Crippen LogP contribution in [0.5, 0.6) is 0 Å². The molecule has 0 aromatic carbocycles. The molecule has 1 fully saturated rings. The fourth-order valence-electron chi connectivity index (χ4n) is 1.20. The molecule has 1 heterocycles. The van der Waals surface area contributed by atoms with Crippen LogP contribution in [0.3, 0.4) is 0 Å². The van der Waals surface area contributed by atoms with E-state index in [1.165, 1.54) is 6.20 Å². The SMILES string of the molecule is O=C(c1nc(C2CC2)ncc1Br)C(F)F. The largest absolute Gasteiger partial charge is 0.302 e. The van der Waals surface area contributed by atoms with Crippen molar-refractivity contribution in [2.45, 2.75) is 25.2 Å². The van der Waals surface area contributed by atoms with Crippen LogP contribution in [0.25, 0.3) is 0 Å². The lowest BCUT2D eigenvalue weighted by molar-refractivity contribution is 0.0671. The molecule has 0 amide bonds. The van der Waals surface area contributed by atoms with Crippen molar-refractivity contribution in [3.8, 4) is 0 Å². The number of carbonyl (C=O) groups excluding carboxylic acids is 1. The maximum Gasteiger partial charge on any atom is 0.302 e. The van der Waals surface area contributed by atoms with Gasteiger partial charge < -0.3 is 0 Å². The zero-order valence-corrected chi connectivity index (χ0v) is 9.17. The lowest BCUT2D eigenvalue weighted by Crippen LogP contribution is -2.14. The third kappa shape index (κ3) is 2.19. The predicted octanol–water partition coefficient (Wildman–Crippen LogP) is 2.56. The number of hydrogen-bond donors (Lipinski definition) is 0. The molecule has 0 aliphatic heterocycles. The van der Waals surface area contributed by atoms with Crippen LogP contribution in [-0.4, -0.2) is 22.2 Å². The van der Waals surface area contributed by atoms with Gasteiger partial charge >= 0.3 is 6.43 Å². The van der Waals surface area contributed by atoms with Gasteiger partial charge in [-0.15, -0.1) is 0 Å². The highest BCUT2D eigenvalue weighted by Crippen LogP contribution is 2.38. The Morgan fingerprint density at radius 1 is 1.53 bits per heavy atom. The van der Waals surface area contributed by atoms with Crippen LogP contribution in [0.15, 0.2) is 10.7 Å². The van der Waals surface area contributed by atoms with Crippen LogP contribution in [-0.2, 0) is 0 Å². The molecule has 0 N–H and O–H groups in total. The lowest BCUT2D eigenvalue weighted by atomic mass is 10.2. The summed E-state index contributed by atoms with van der Waals surface area (Å²) in [6.07, 6.45) is 0.257. The smallest absolute Gasteiger partial charge is 0.286 e. The van der Waals surface area contributed by atoms with Gasteiger partial charge in [-0.2, -0.15) is 0 Å². The number of halogens is 3. The molecule has 0 saturated heterocycles. The van der Waals surface area contributed by atoms with Crippen LogP contribution in [0.2, 0.25) is 0 Å². The van der Waals surface area contributed by atoms with E-state index < -0.39 is 12.2 Å². The Morgan fingerprint density at radius 2 is 2.20 bits per heavy atom. The van der Waals surface area contributed by atoms with Gasteiger partial charge in [0, 0.05) is 12.1 Å². The molecule has 1 aliphatic rings. The molecule has 0 radical (unpaired) electrons. The van der Waals surface area contributed by atoms with Crippen molar-refractivity contribution in [1.29, 1.82) is 0 Å². The highest BCUT2D eigenvalue weighted by molar-refractivity contribution is 9.10. The van der Waals surface area contributed by atoms with Crippen LogP contribution < -0.4 is 0 Å². The Hall–Kier alpha value is -0.910. The summed E-state index contributed by atoms with van der Waals surface area (Å²) in [4.78, 5) is 18.9. The summed E-state index contributed by atoms with van der Waals surface area (Å²) in [6, 6.07) is 0. The molecular formula is C9H7BrF2N2O. The van der Waals surface area contributed by atoms with Gasteiger partial charge in [0.2, 0.25) is 5.78 Å². The molecule has 15 heavy (non-hydrogen) atoms. The van der Waals surface area contributed by atoms with Crippen LogP contribution in [0.4, 0.5) is 8.78 Å². The van der Waals surface area contributed by atoms with E-state index in [1.807, 2.05) is 0 Å². The van der Waals surface area contributed by atoms with Crippen molar-refractivity contribution in [2.75, 3.05) is 0 Å². The maximum atomic E-state index is 12.2. The Labute approximate surface area is 93.0 Å². The van der Waals surface area contributed by atoms with Crippen molar-refractivity contribution in [1.82, 2.24) is 9.97 Å². The molecule has 0 bridgehead atoms. The van der Waals surface area contributed by atoms with E-state index >= 15 is 0 Å². The van der Waals surface area contributed by atoms with Gasteiger partial charge in [-0.05, 0) is 28.8 Å². The first-order valence-electron chi connectivity index (χ1n) is 4.44. The number of alkyl halides is 2. The van der Waals surface area contributed by atoms with Gasteiger partial charge in [0.1, 0.15) is 11.5 Å². The summed E-state index contributed by atoms with van der Waals surface area (Å²) in [5.41, 5.74) is -0.220. The molecule has 6 heteroatoms. The molecule has 2 rings (SSSR count). The van der Waals surface area contributed by atoms with E-state index in [-0.39, 0.29) is 16.1 Å². The van der Waals surface area contributed by atoms with Gasteiger partial charge in [0.15, 0.2) is 0 Å². The monoisotopic (exact) mass is 276 g/mol. The molecule has 1 aromatic rings. The highest BCUT2D eigenvalue weighted by atomic mass is 79.9. The summed E-state index contributed by atoms with van der Waals surface area (Å²) in [7, 11) is 0. The normalized spacial score (nSPS) is 15.7. The Balaban J connectivity index is 2.35. The number of hydrogen-bond acceptors (Lipinski definition) is 3. The van der Waals surface area contributed by atoms with Crippen LogP contribution in [0, 0.1) is 0 Å². The molecule has 0 spiro atoms. The predicted molar refractivity (Wildman–Crippen MR) is 52.0 cm³/mol. The summed E-state index contributed by atoms with van der Waals surface area (Å²) in [5, 5.41) is 0. The van der Waals surface area contributed by atoms with Gasteiger partial charge in [0.25, 0.3) is 0 Å². The van der Waals surface area contributed by atoms with Gasteiger partial charge in [-0.25, -0.2) is 18.7 Å². The fourth-order valence-corrected chi connectivity index (χ4v) is 1.58. The summed E-state index contributed by atoms with van der Waals surface area (Å²) in [5.74, 6) is -0.532. The van der Waals surface area contributed by atoms with E-state index in [0.717, 1.165) is 12.8 Å². The zero-order valence-electron chi connectivity index (χ0n) is 7.58. The molecule has 0 unspecified atom stereocenters. The Morgan fingerprint density at radius 3 is 2.73 bits per heavy atom. The Kier molecular flexibility index (Phi) is 2.77. The molecule has 3 nitrogen and oxygen atoms in total. The van der Waals surface area contributed by atoms with E-state index in [4.69, 9.17) is 0 Å². The maximum absolute atomic E-state index is 12.2. The molecule has 1 saturated carbocycles. The third-order valence-corrected chi connectivity index (χ3v) is 2.72. The number of carbonyl (C=O) groups is 1. The van der Waals surface area contributed by atoms with Crippen molar-refractivity contribution in [3.05, 3.63) is 22.2 Å². The number of Topliss-reactive ketones (excluding diaryl/α,β-unsaturated/α-hetero) is 1. The molecular weight excluding hydrogens is 270 g/mol. The second kappa shape index (κ2) is 3.92. The molecule has 80 valence electrons. The molecule has 1 aromatic heterocycles. The van der Waals surface area contributed by atoms with Crippen molar-refractivity contribution in [2.24, 2.45) is 0 Å². The first-order valence-corrected chi connectivity index (χ1v) is 5.23. The second-order valence-electron chi connectivity index (χ2n) is 3.36. The van der Waals surface area contributed by atoms with Gasteiger partial charge in [-0.3, -0.25) is 4.79 Å². The number of ketones is 1. The minimum atomic E-state index is -3.02. The Bertz CT molecular complexity index is 407. The number of nitrogens with zero attached hydrogens (tertiary/aromatic N) is 2. The number of aromatic nitrogens is 2. The summed E-state index contributed by atoms with van der Waals surface area (Å²) in [6.45, 7) is 0. The first kappa shape index (κ1) is 10.6. The van der Waals surface area contributed by atoms with E-state index in [1.54, 1.807) is 0 Å². The van der Waals surface area contributed by atoms with E-state index in [0.29, 0.717) is 5.82 Å². The van der Waals surface area contributed by atoms with Gasteiger partial charge in [-0.1, -0.05) is 0 Å². The minimum absolute atomic E-state index is 0.220. The summed E-state index contributed by atoms with van der Waals surface area (Å²) >= 11 is 2.99. The fraction of sp³-hybridized carbons (Fsp3) is 0.444. The standard InChI is InChI=1S/C9H7BrF2N2O/c10-5-3-13-9(4-1-2-4)14-6(5)7(15)8(11)12/h3-4,8H,1-2H2. The molecule has 1 aliphatic carbocycles. The highest BCUT2D eigenvalue weighted by Gasteiger charge is 2.29. The molecule has 0 atom stereocenters. The van der Waals surface area contributed by atoms with Crippen molar-refractivity contribution >= 4 is 21.7 Å². The third-order valence-electron chi connectivity index (χ3n) is 2.14. The zero-order chi connectivity index (χ0) is 11.0. The van der Waals surface area contributed by atoms with Crippen LogP contribution >= 0.6 is 15.9 Å². The van der Waals surface area contributed by atoms with Crippen molar-refractivity contribution < 1.29 is 13.6 Å². The number of rotatable bonds is 3.